The smallest absolute Gasteiger partial charge is 0.260 e. The molecule has 0 radical (unpaired) electrons. The van der Waals surface area contributed by atoms with Crippen molar-refractivity contribution in [2.75, 3.05) is 13.2 Å². The number of rotatable bonds is 4. The van der Waals surface area contributed by atoms with Gasteiger partial charge in [-0.2, -0.15) is 0 Å². The van der Waals surface area contributed by atoms with Gasteiger partial charge in [0.15, 0.2) is 6.61 Å². The summed E-state index contributed by atoms with van der Waals surface area (Å²) >= 11 is 0. The summed E-state index contributed by atoms with van der Waals surface area (Å²) in [7, 11) is 0. The molecule has 0 bridgehead atoms. The van der Waals surface area contributed by atoms with Crippen LogP contribution in [-0.2, 0) is 24.3 Å². The molecule has 4 rings (SSSR count). The summed E-state index contributed by atoms with van der Waals surface area (Å²) in [6.07, 6.45) is 3.04. The second-order valence-corrected chi connectivity index (χ2v) is 6.56. The Balaban J connectivity index is 1.51. The molecule has 0 saturated heterocycles. The fraction of sp³-hybridized carbons (Fsp3) is 0.286. The van der Waals surface area contributed by atoms with Crippen LogP contribution in [0.25, 0.3) is 10.9 Å². The number of nitrogens with zero attached hydrogens (tertiary/aromatic N) is 2. The van der Waals surface area contributed by atoms with E-state index in [2.05, 4.69) is 35.9 Å². The second-order valence-electron chi connectivity index (χ2n) is 6.56. The third kappa shape index (κ3) is 3.05. The summed E-state index contributed by atoms with van der Waals surface area (Å²) in [5, 5.41) is 1.28. The van der Waals surface area contributed by atoms with Crippen molar-refractivity contribution in [3.05, 3.63) is 65.6 Å². The monoisotopic (exact) mass is 352 g/mol. The highest BCUT2D eigenvalue weighted by Crippen LogP contribution is 2.29. The van der Waals surface area contributed by atoms with Gasteiger partial charge in [-0.3, -0.25) is 4.79 Å². The lowest BCUT2D eigenvalue weighted by atomic mass is 10.1. The van der Waals surface area contributed by atoms with Crippen molar-refractivity contribution in [1.29, 1.82) is 0 Å². The Morgan fingerprint density at radius 1 is 1.15 bits per heavy atom. The van der Waals surface area contributed by atoms with E-state index < -0.39 is 0 Å². The van der Waals surface area contributed by atoms with E-state index in [1.54, 1.807) is 0 Å². The quantitative estimate of drug-likeness (QED) is 0.716. The Morgan fingerprint density at radius 2 is 1.96 bits per heavy atom. The summed E-state index contributed by atoms with van der Waals surface area (Å²) in [6.45, 7) is 4.30. The molecule has 0 aliphatic carbocycles. The Kier molecular flexibility index (Phi) is 4.37. The molecule has 134 valence electrons. The van der Waals surface area contributed by atoms with Gasteiger partial charge in [0.1, 0.15) is 11.6 Å². The number of hydrogen-bond donors (Lipinski definition) is 0. The van der Waals surface area contributed by atoms with Gasteiger partial charge < -0.3 is 14.2 Å². The zero-order valence-corrected chi connectivity index (χ0v) is 14.7. The highest BCUT2D eigenvalue weighted by molar-refractivity contribution is 5.88. The van der Waals surface area contributed by atoms with Crippen LogP contribution in [0.15, 0.2) is 48.7 Å². The van der Waals surface area contributed by atoms with Gasteiger partial charge in [-0.05, 0) is 54.8 Å². The number of aromatic nitrogens is 1. The standard InChI is InChI=1S/C21H21FN2O2/c1-2-23-12-16-10-11-24(13-15-4-3-5-19(23)21(15)16)20(25)14-26-18-8-6-17(22)7-9-18/h3-9,12H,2,10-11,13-14H2,1H3. The van der Waals surface area contributed by atoms with E-state index in [1.807, 2.05) is 4.90 Å². The van der Waals surface area contributed by atoms with Gasteiger partial charge in [0.05, 0.1) is 0 Å². The number of hydrogen-bond acceptors (Lipinski definition) is 2. The van der Waals surface area contributed by atoms with E-state index >= 15 is 0 Å². The minimum Gasteiger partial charge on any atom is -0.484 e. The van der Waals surface area contributed by atoms with Crippen molar-refractivity contribution >= 4 is 16.8 Å². The lowest BCUT2D eigenvalue weighted by molar-refractivity contribution is -0.133. The molecular formula is C21H21FN2O2. The fourth-order valence-corrected chi connectivity index (χ4v) is 3.62. The molecule has 0 N–H and O–H groups in total. The van der Waals surface area contributed by atoms with Crippen LogP contribution in [-0.4, -0.2) is 28.5 Å². The molecule has 4 nitrogen and oxygen atoms in total. The molecule has 3 aromatic rings. The van der Waals surface area contributed by atoms with Gasteiger partial charge in [-0.1, -0.05) is 12.1 Å². The highest BCUT2D eigenvalue weighted by atomic mass is 19.1. The topological polar surface area (TPSA) is 34.5 Å². The van der Waals surface area contributed by atoms with Crippen molar-refractivity contribution in [3.63, 3.8) is 0 Å². The van der Waals surface area contributed by atoms with E-state index in [-0.39, 0.29) is 18.3 Å². The normalized spacial score (nSPS) is 13.7. The van der Waals surface area contributed by atoms with Gasteiger partial charge in [0.25, 0.3) is 5.91 Å². The molecule has 5 heteroatoms. The van der Waals surface area contributed by atoms with Crippen LogP contribution in [0.3, 0.4) is 0 Å². The van der Waals surface area contributed by atoms with E-state index in [0.717, 1.165) is 13.0 Å². The molecule has 1 aliphatic heterocycles. The second kappa shape index (κ2) is 6.83. The van der Waals surface area contributed by atoms with Crippen LogP contribution in [0, 0.1) is 5.82 Å². The SMILES string of the molecule is CCn1cc2c3c(cccc31)CN(C(=O)COc1ccc(F)cc1)CC2. The average Bonchev–Trinajstić information content (AvgIpc) is 2.91. The van der Waals surface area contributed by atoms with Crippen molar-refractivity contribution in [1.82, 2.24) is 9.47 Å². The summed E-state index contributed by atoms with van der Waals surface area (Å²) in [4.78, 5) is 14.5. The van der Waals surface area contributed by atoms with Crippen LogP contribution >= 0.6 is 0 Å². The van der Waals surface area contributed by atoms with Gasteiger partial charge in [-0.25, -0.2) is 4.39 Å². The molecule has 0 atom stereocenters. The predicted molar refractivity (Wildman–Crippen MR) is 98.6 cm³/mol. The molecule has 1 aromatic heterocycles. The zero-order valence-electron chi connectivity index (χ0n) is 14.7. The molecule has 2 aromatic carbocycles. The van der Waals surface area contributed by atoms with Crippen molar-refractivity contribution in [2.24, 2.45) is 0 Å². The van der Waals surface area contributed by atoms with Gasteiger partial charge in [0.2, 0.25) is 0 Å². The predicted octanol–water partition coefficient (Wildman–Crippen LogP) is 3.76. The molecule has 1 aliphatic rings. The zero-order chi connectivity index (χ0) is 18.1. The summed E-state index contributed by atoms with van der Waals surface area (Å²) in [6, 6.07) is 12.0. The third-order valence-electron chi connectivity index (χ3n) is 4.95. The number of carbonyl (C=O) groups excluding carboxylic acids is 1. The Morgan fingerprint density at radius 3 is 2.73 bits per heavy atom. The first-order valence-corrected chi connectivity index (χ1v) is 8.91. The number of carbonyl (C=O) groups is 1. The highest BCUT2D eigenvalue weighted by Gasteiger charge is 2.22. The van der Waals surface area contributed by atoms with E-state index in [9.17, 15) is 9.18 Å². The van der Waals surface area contributed by atoms with Crippen LogP contribution in [0.2, 0.25) is 0 Å². The first kappa shape index (κ1) is 16.6. The Hall–Kier alpha value is -2.82. The largest absolute Gasteiger partial charge is 0.484 e. The molecule has 2 heterocycles. The Labute approximate surface area is 151 Å². The number of aryl methyl sites for hydroxylation is 1. The van der Waals surface area contributed by atoms with Crippen LogP contribution in [0.1, 0.15) is 18.1 Å². The Bertz CT molecular complexity index is 947. The lowest BCUT2D eigenvalue weighted by Crippen LogP contribution is -2.35. The lowest BCUT2D eigenvalue weighted by Gasteiger charge is -2.21. The number of halogens is 1. The first-order chi connectivity index (χ1) is 12.7. The molecule has 1 amide bonds. The van der Waals surface area contributed by atoms with Gasteiger partial charge in [-0.15, -0.1) is 0 Å². The van der Waals surface area contributed by atoms with Crippen molar-refractivity contribution in [2.45, 2.75) is 26.4 Å². The number of amides is 1. The maximum absolute atomic E-state index is 13.0. The fourth-order valence-electron chi connectivity index (χ4n) is 3.62. The first-order valence-electron chi connectivity index (χ1n) is 8.91. The molecular weight excluding hydrogens is 331 g/mol. The van der Waals surface area contributed by atoms with E-state index in [1.165, 1.54) is 46.3 Å². The summed E-state index contributed by atoms with van der Waals surface area (Å²) < 4.78 is 20.7. The molecule has 0 unspecified atom stereocenters. The maximum atomic E-state index is 13.0. The van der Waals surface area contributed by atoms with Crippen LogP contribution in [0.4, 0.5) is 4.39 Å². The summed E-state index contributed by atoms with van der Waals surface area (Å²) in [5.41, 5.74) is 3.71. The molecule has 0 fully saturated rings. The minimum absolute atomic E-state index is 0.0409. The van der Waals surface area contributed by atoms with Gasteiger partial charge >= 0.3 is 0 Å². The van der Waals surface area contributed by atoms with Crippen LogP contribution < -0.4 is 4.74 Å². The van der Waals surface area contributed by atoms with Crippen molar-refractivity contribution < 1.29 is 13.9 Å². The third-order valence-corrected chi connectivity index (χ3v) is 4.95. The maximum Gasteiger partial charge on any atom is 0.260 e. The number of ether oxygens (including phenoxy) is 1. The van der Waals surface area contributed by atoms with Crippen LogP contribution in [0.5, 0.6) is 5.75 Å². The average molecular weight is 352 g/mol. The molecule has 26 heavy (non-hydrogen) atoms. The molecule has 0 saturated carbocycles. The molecule has 0 spiro atoms. The van der Waals surface area contributed by atoms with E-state index in [4.69, 9.17) is 4.74 Å². The van der Waals surface area contributed by atoms with Gasteiger partial charge in [0, 0.05) is 36.7 Å². The number of benzene rings is 2. The van der Waals surface area contributed by atoms with E-state index in [0.29, 0.717) is 18.8 Å². The van der Waals surface area contributed by atoms with Crippen molar-refractivity contribution in [3.8, 4) is 5.75 Å². The minimum atomic E-state index is -0.321. The summed E-state index contributed by atoms with van der Waals surface area (Å²) in [5.74, 6) is 0.121.